The largest absolute Gasteiger partial charge is 0.370 e. The molecule has 0 unspecified atom stereocenters. The van der Waals surface area contributed by atoms with E-state index in [-0.39, 0.29) is 18.3 Å². The molecule has 0 radical (unpaired) electrons. The van der Waals surface area contributed by atoms with Crippen molar-refractivity contribution in [1.82, 2.24) is 14.5 Å². The van der Waals surface area contributed by atoms with E-state index in [1.54, 1.807) is 30.0 Å². The standard InChI is InChI=1S/C19H23FN4O2/c1-14-12-15(2)24(19(26)21-14)13-18(25)23-9-3-8-22(10-11-23)17-6-4-16(20)5-7-17/h4-7,12H,3,8-11,13H2,1-2H3. The molecule has 0 aliphatic carbocycles. The molecule has 0 atom stereocenters. The number of anilines is 1. The van der Waals surface area contributed by atoms with Crippen LogP contribution in [-0.2, 0) is 11.3 Å². The first-order chi connectivity index (χ1) is 12.4. The Morgan fingerprint density at radius 1 is 1.12 bits per heavy atom. The predicted molar refractivity (Wildman–Crippen MR) is 97.8 cm³/mol. The Labute approximate surface area is 151 Å². The van der Waals surface area contributed by atoms with E-state index in [2.05, 4.69) is 9.88 Å². The second kappa shape index (κ2) is 7.68. The molecule has 1 aromatic carbocycles. The van der Waals surface area contributed by atoms with Crippen LogP contribution in [-0.4, -0.2) is 46.5 Å². The summed E-state index contributed by atoms with van der Waals surface area (Å²) in [5, 5.41) is 0. The maximum atomic E-state index is 13.1. The van der Waals surface area contributed by atoms with Gasteiger partial charge in [-0.15, -0.1) is 0 Å². The second-order valence-electron chi connectivity index (χ2n) is 6.61. The fraction of sp³-hybridized carbons (Fsp3) is 0.421. The number of amides is 1. The number of nitrogens with zero attached hydrogens (tertiary/aromatic N) is 4. The minimum Gasteiger partial charge on any atom is -0.370 e. The number of halogens is 1. The molecule has 7 heteroatoms. The topological polar surface area (TPSA) is 58.4 Å². The molecule has 1 amide bonds. The van der Waals surface area contributed by atoms with Crippen LogP contribution in [0.1, 0.15) is 17.8 Å². The van der Waals surface area contributed by atoms with Gasteiger partial charge >= 0.3 is 5.69 Å². The molecule has 0 saturated carbocycles. The summed E-state index contributed by atoms with van der Waals surface area (Å²) in [6.45, 7) is 6.28. The Bertz CT molecular complexity index is 848. The number of benzene rings is 1. The van der Waals surface area contributed by atoms with Gasteiger partial charge in [0.05, 0.1) is 0 Å². The van der Waals surface area contributed by atoms with E-state index in [0.29, 0.717) is 25.3 Å². The molecule has 1 aromatic heterocycles. The Kier molecular flexibility index (Phi) is 5.35. The van der Waals surface area contributed by atoms with Crippen LogP contribution in [0.25, 0.3) is 0 Å². The van der Waals surface area contributed by atoms with Crippen LogP contribution in [0.2, 0.25) is 0 Å². The van der Waals surface area contributed by atoms with Gasteiger partial charge in [0, 0.05) is 43.3 Å². The third kappa shape index (κ3) is 4.09. The van der Waals surface area contributed by atoms with Crippen molar-refractivity contribution in [3.63, 3.8) is 0 Å². The average Bonchev–Trinajstić information content (AvgIpc) is 2.85. The number of aryl methyl sites for hydroxylation is 2. The molecule has 2 aromatic rings. The van der Waals surface area contributed by atoms with Crippen LogP contribution < -0.4 is 10.6 Å². The Balaban J connectivity index is 1.66. The monoisotopic (exact) mass is 358 g/mol. The molecular weight excluding hydrogens is 335 g/mol. The molecule has 3 rings (SSSR count). The average molecular weight is 358 g/mol. The highest BCUT2D eigenvalue weighted by Gasteiger charge is 2.20. The number of hydrogen-bond donors (Lipinski definition) is 0. The highest BCUT2D eigenvalue weighted by Crippen LogP contribution is 2.17. The fourth-order valence-electron chi connectivity index (χ4n) is 3.28. The van der Waals surface area contributed by atoms with Crippen molar-refractivity contribution in [1.29, 1.82) is 0 Å². The van der Waals surface area contributed by atoms with Gasteiger partial charge in [-0.2, -0.15) is 4.98 Å². The lowest BCUT2D eigenvalue weighted by Gasteiger charge is -2.24. The smallest absolute Gasteiger partial charge is 0.348 e. The summed E-state index contributed by atoms with van der Waals surface area (Å²) < 4.78 is 14.5. The van der Waals surface area contributed by atoms with Crippen molar-refractivity contribution in [2.75, 3.05) is 31.1 Å². The zero-order chi connectivity index (χ0) is 18.7. The molecular formula is C19H23FN4O2. The summed E-state index contributed by atoms with van der Waals surface area (Å²) >= 11 is 0. The van der Waals surface area contributed by atoms with Gasteiger partial charge in [-0.3, -0.25) is 9.36 Å². The maximum Gasteiger partial charge on any atom is 0.348 e. The number of aromatic nitrogens is 2. The van der Waals surface area contributed by atoms with E-state index in [0.717, 1.165) is 24.3 Å². The van der Waals surface area contributed by atoms with Crippen LogP contribution in [0.5, 0.6) is 0 Å². The normalized spacial score (nSPS) is 15.0. The van der Waals surface area contributed by atoms with E-state index >= 15 is 0 Å². The SMILES string of the molecule is Cc1cc(C)n(CC(=O)N2CCCN(c3ccc(F)cc3)CC2)c(=O)n1. The van der Waals surface area contributed by atoms with Gasteiger partial charge in [0.25, 0.3) is 0 Å². The lowest BCUT2D eigenvalue weighted by atomic mass is 10.2. The highest BCUT2D eigenvalue weighted by atomic mass is 19.1. The maximum absolute atomic E-state index is 13.1. The van der Waals surface area contributed by atoms with Crippen LogP contribution in [0.4, 0.5) is 10.1 Å². The van der Waals surface area contributed by atoms with Gasteiger partial charge in [-0.05, 0) is 50.6 Å². The molecule has 138 valence electrons. The summed E-state index contributed by atoms with van der Waals surface area (Å²) in [7, 11) is 0. The quantitative estimate of drug-likeness (QED) is 0.839. The molecule has 1 aliphatic rings. The first-order valence-corrected chi connectivity index (χ1v) is 8.77. The lowest BCUT2D eigenvalue weighted by Crippen LogP contribution is -2.40. The zero-order valence-corrected chi connectivity index (χ0v) is 15.1. The summed E-state index contributed by atoms with van der Waals surface area (Å²) in [4.78, 5) is 32.6. The third-order valence-electron chi connectivity index (χ3n) is 4.68. The van der Waals surface area contributed by atoms with Crippen LogP contribution in [0.3, 0.4) is 0 Å². The molecule has 2 heterocycles. The first kappa shape index (κ1) is 18.1. The van der Waals surface area contributed by atoms with Gasteiger partial charge in [0.15, 0.2) is 0 Å². The number of hydrogen-bond acceptors (Lipinski definition) is 4. The molecule has 0 spiro atoms. The van der Waals surface area contributed by atoms with Gasteiger partial charge < -0.3 is 9.80 Å². The van der Waals surface area contributed by atoms with E-state index in [1.807, 2.05) is 6.92 Å². The van der Waals surface area contributed by atoms with Crippen molar-refractivity contribution >= 4 is 11.6 Å². The van der Waals surface area contributed by atoms with E-state index in [1.165, 1.54) is 16.7 Å². The van der Waals surface area contributed by atoms with Crippen LogP contribution in [0, 0.1) is 19.7 Å². The molecule has 1 fully saturated rings. The third-order valence-corrected chi connectivity index (χ3v) is 4.68. The Hall–Kier alpha value is -2.70. The number of carbonyl (C=O) groups excluding carboxylic acids is 1. The fourth-order valence-corrected chi connectivity index (χ4v) is 3.28. The van der Waals surface area contributed by atoms with Crippen LogP contribution in [0.15, 0.2) is 35.1 Å². The molecule has 1 saturated heterocycles. The van der Waals surface area contributed by atoms with Crippen molar-refractivity contribution in [2.24, 2.45) is 0 Å². The van der Waals surface area contributed by atoms with Crippen LogP contribution >= 0.6 is 0 Å². The molecule has 0 N–H and O–H groups in total. The molecule has 1 aliphatic heterocycles. The summed E-state index contributed by atoms with van der Waals surface area (Å²) in [5.74, 6) is -0.338. The second-order valence-corrected chi connectivity index (χ2v) is 6.61. The van der Waals surface area contributed by atoms with Crippen molar-refractivity contribution in [3.8, 4) is 0 Å². The highest BCUT2D eigenvalue weighted by molar-refractivity contribution is 5.76. The summed E-state index contributed by atoms with van der Waals surface area (Å²) in [6, 6.07) is 8.21. The van der Waals surface area contributed by atoms with Crippen molar-refractivity contribution in [2.45, 2.75) is 26.8 Å². The first-order valence-electron chi connectivity index (χ1n) is 8.77. The Morgan fingerprint density at radius 2 is 1.85 bits per heavy atom. The summed E-state index contributed by atoms with van der Waals surface area (Å²) in [5.41, 5.74) is 1.95. The lowest BCUT2D eigenvalue weighted by molar-refractivity contribution is -0.131. The van der Waals surface area contributed by atoms with E-state index in [9.17, 15) is 14.0 Å². The molecule has 26 heavy (non-hydrogen) atoms. The van der Waals surface area contributed by atoms with Gasteiger partial charge in [0.2, 0.25) is 5.91 Å². The number of carbonyl (C=O) groups is 1. The van der Waals surface area contributed by atoms with Gasteiger partial charge in [0.1, 0.15) is 12.4 Å². The molecule has 6 nitrogen and oxygen atoms in total. The Morgan fingerprint density at radius 3 is 2.54 bits per heavy atom. The minimum atomic E-state index is -0.390. The van der Waals surface area contributed by atoms with Crippen molar-refractivity contribution in [3.05, 3.63) is 58.0 Å². The number of rotatable bonds is 3. The van der Waals surface area contributed by atoms with Gasteiger partial charge in [-0.1, -0.05) is 0 Å². The summed E-state index contributed by atoms with van der Waals surface area (Å²) in [6.07, 6.45) is 0.823. The minimum absolute atomic E-state index is 0.00843. The van der Waals surface area contributed by atoms with Crippen molar-refractivity contribution < 1.29 is 9.18 Å². The van der Waals surface area contributed by atoms with Gasteiger partial charge in [-0.25, -0.2) is 9.18 Å². The molecule has 0 bridgehead atoms. The predicted octanol–water partition coefficient (Wildman–Crippen LogP) is 1.74. The zero-order valence-electron chi connectivity index (χ0n) is 15.1. The van der Waals surface area contributed by atoms with E-state index in [4.69, 9.17) is 0 Å². The van der Waals surface area contributed by atoms with E-state index < -0.39 is 5.69 Å².